The summed E-state index contributed by atoms with van der Waals surface area (Å²) < 4.78 is 6.27. The van der Waals surface area contributed by atoms with Gasteiger partial charge in [-0.25, -0.2) is 15.5 Å². The van der Waals surface area contributed by atoms with E-state index in [0.717, 1.165) is 22.7 Å². The maximum Gasteiger partial charge on any atom is 0.213 e. The van der Waals surface area contributed by atoms with Gasteiger partial charge in [0.1, 0.15) is 6.10 Å². The molecule has 5 aliphatic heterocycles. The highest BCUT2D eigenvalue weighted by Gasteiger charge is 2.41. The molecule has 25 heavy (non-hydrogen) atoms. The summed E-state index contributed by atoms with van der Waals surface area (Å²) in [7, 11) is 0. The third kappa shape index (κ3) is 2.62. The number of hydrogen-bond donors (Lipinski definition) is 1. The second-order valence-corrected chi connectivity index (χ2v) is 7.10. The molecule has 1 aromatic rings. The van der Waals surface area contributed by atoms with Crippen LogP contribution in [0.3, 0.4) is 0 Å². The summed E-state index contributed by atoms with van der Waals surface area (Å²) in [5.74, 6) is 1.39. The largest absolute Gasteiger partial charge is 0.472 e. The van der Waals surface area contributed by atoms with Crippen molar-refractivity contribution in [2.75, 3.05) is 13.1 Å². The summed E-state index contributed by atoms with van der Waals surface area (Å²) in [5, 5.41) is 1.68. The van der Waals surface area contributed by atoms with E-state index >= 15 is 0 Å². The molecule has 0 aliphatic carbocycles. The molecular weight excluding hydrogens is 316 g/mol. The Kier molecular flexibility index (Phi) is 3.53. The van der Waals surface area contributed by atoms with Crippen molar-refractivity contribution < 1.29 is 9.68 Å². The van der Waals surface area contributed by atoms with Gasteiger partial charge in [-0.1, -0.05) is 0 Å². The van der Waals surface area contributed by atoms with Crippen molar-refractivity contribution in [3.63, 3.8) is 0 Å². The highest BCUT2D eigenvalue weighted by molar-refractivity contribution is 5.76. The molecule has 2 atom stereocenters. The second kappa shape index (κ2) is 5.89. The Morgan fingerprint density at radius 1 is 1.28 bits per heavy atom. The summed E-state index contributed by atoms with van der Waals surface area (Å²) in [6.07, 6.45) is 12.4. The molecule has 6 heterocycles. The monoisotopic (exact) mass is 338 g/mol. The number of aromatic nitrogens is 1. The number of ether oxygens (including phenoxy) is 1. The number of hydroxylamine groups is 3. The molecule has 2 bridgehead atoms. The SMILES string of the molecule is CC1C(Oc2ccc(C3=CC4=CNON4C=C3)cn2)C2CCN1CC2. The Hall–Kier alpha value is -2.31. The molecule has 6 rings (SSSR count). The summed E-state index contributed by atoms with van der Waals surface area (Å²) in [4.78, 5) is 12.3. The van der Waals surface area contributed by atoms with Gasteiger partial charge in [-0.2, -0.15) is 4.94 Å². The Bertz CT molecular complexity index is 745. The van der Waals surface area contributed by atoms with Gasteiger partial charge in [0.05, 0.1) is 11.9 Å². The molecule has 0 saturated carbocycles. The average molecular weight is 338 g/mol. The van der Waals surface area contributed by atoms with Gasteiger partial charge >= 0.3 is 0 Å². The van der Waals surface area contributed by atoms with Crippen LogP contribution in [0.2, 0.25) is 0 Å². The number of rotatable bonds is 3. The van der Waals surface area contributed by atoms with Crippen molar-refractivity contribution in [2.24, 2.45) is 5.92 Å². The Labute approximate surface area is 147 Å². The number of nitrogens with zero attached hydrogens (tertiary/aromatic N) is 3. The maximum absolute atomic E-state index is 6.27. The van der Waals surface area contributed by atoms with Crippen LogP contribution in [-0.2, 0) is 4.94 Å². The van der Waals surface area contributed by atoms with Crippen LogP contribution in [0.25, 0.3) is 5.57 Å². The Morgan fingerprint density at radius 2 is 2.16 bits per heavy atom. The number of nitrogens with one attached hydrogen (secondary N) is 1. The van der Waals surface area contributed by atoms with Gasteiger partial charge in [-0.05, 0) is 62.6 Å². The Balaban J connectivity index is 1.32. The number of fused-ring (bicyclic) bond motifs is 4. The minimum atomic E-state index is 0.259. The number of piperidine rings is 3. The fourth-order valence-corrected chi connectivity index (χ4v) is 4.23. The van der Waals surface area contributed by atoms with Crippen molar-refractivity contribution in [1.29, 1.82) is 0 Å². The normalized spacial score (nSPS) is 32.8. The van der Waals surface area contributed by atoms with E-state index < -0.39 is 0 Å². The standard InChI is InChI=1S/C19H22N4O2/c1-13-19(14-4-7-22(13)8-5-14)24-18-3-2-16(11-20-18)15-6-9-23-17(10-15)12-21-25-23/h2-3,6,9-14,19,21H,4-5,7-8H2,1H3. The molecule has 3 fully saturated rings. The molecule has 1 N–H and O–H groups in total. The van der Waals surface area contributed by atoms with Crippen LogP contribution in [0.1, 0.15) is 25.3 Å². The second-order valence-electron chi connectivity index (χ2n) is 7.10. The van der Waals surface area contributed by atoms with Crippen molar-refractivity contribution in [3.05, 3.63) is 54.1 Å². The molecular formula is C19H22N4O2. The topological polar surface area (TPSA) is 49.9 Å². The molecule has 0 spiro atoms. The van der Waals surface area contributed by atoms with Crippen LogP contribution in [-0.4, -0.2) is 40.2 Å². The third-order valence-electron chi connectivity index (χ3n) is 5.72. The number of hydrogen-bond acceptors (Lipinski definition) is 6. The third-order valence-corrected chi connectivity index (χ3v) is 5.72. The van der Waals surface area contributed by atoms with E-state index in [0.29, 0.717) is 12.0 Å². The summed E-state index contributed by atoms with van der Waals surface area (Å²) >= 11 is 0. The van der Waals surface area contributed by atoms with Gasteiger partial charge in [-0.3, -0.25) is 4.90 Å². The number of pyridine rings is 1. The molecule has 5 aliphatic rings. The molecule has 6 nitrogen and oxygen atoms in total. The molecule has 0 aromatic carbocycles. The van der Waals surface area contributed by atoms with Gasteiger partial charge < -0.3 is 4.74 Å². The predicted molar refractivity (Wildman–Crippen MR) is 93.7 cm³/mol. The predicted octanol–water partition coefficient (Wildman–Crippen LogP) is 2.45. The van der Waals surface area contributed by atoms with Gasteiger partial charge in [0, 0.05) is 30.1 Å². The highest BCUT2D eigenvalue weighted by Crippen LogP contribution is 2.34. The van der Waals surface area contributed by atoms with Crippen LogP contribution in [0.5, 0.6) is 5.88 Å². The van der Waals surface area contributed by atoms with Crippen LogP contribution < -0.4 is 10.2 Å². The molecule has 1 aromatic heterocycles. The minimum absolute atomic E-state index is 0.259. The van der Waals surface area contributed by atoms with Gasteiger partial charge in [0.2, 0.25) is 5.88 Å². The zero-order chi connectivity index (χ0) is 16.8. The van der Waals surface area contributed by atoms with E-state index in [2.05, 4.69) is 34.4 Å². The first-order valence-electron chi connectivity index (χ1n) is 8.97. The lowest BCUT2D eigenvalue weighted by Crippen LogP contribution is -2.58. The van der Waals surface area contributed by atoms with Crippen molar-refractivity contribution >= 4 is 5.57 Å². The first-order chi connectivity index (χ1) is 12.3. The van der Waals surface area contributed by atoms with E-state index in [1.165, 1.54) is 25.9 Å². The van der Waals surface area contributed by atoms with Gasteiger partial charge in [-0.15, -0.1) is 0 Å². The lowest BCUT2D eigenvalue weighted by atomic mass is 9.81. The summed E-state index contributed by atoms with van der Waals surface area (Å²) in [5.41, 5.74) is 5.88. The van der Waals surface area contributed by atoms with E-state index in [1.54, 1.807) is 5.06 Å². The molecule has 0 amide bonds. The Morgan fingerprint density at radius 3 is 2.92 bits per heavy atom. The zero-order valence-electron chi connectivity index (χ0n) is 14.3. The van der Waals surface area contributed by atoms with Crippen LogP contribution in [0, 0.1) is 5.92 Å². The fraction of sp³-hybridized carbons (Fsp3) is 0.421. The van der Waals surface area contributed by atoms with Gasteiger partial charge in [0.15, 0.2) is 0 Å². The molecule has 3 saturated heterocycles. The summed E-state index contributed by atoms with van der Waals surface area (Å²) in [6, 6.07) is 4.54. The summed E-state index contributed by atoms with van der Waals surface area (Å²) in [6.45, 7) is 4.70. The van der Waals surface area contributed by atoms with E-state index in [-0.39, 0.29) is 6.10 Å². The highest BCUT2D eigenvalue weighted by atomic mass is 16.8. The minimum Gasteiger partial charge on any atom is -0.472 e. The van der Waals surface area contributed by atoms with Crippen molar-refractivity contribution in [1.82, 2.24) is 20.4 Å². The van der Waals surface area contributed by atoms with E-state index in [9.17, 15) is 0 Å². The van der Waals surface area contributed by atoms with E-state index in [4.69, 9.17) is 9.68 Å². The fourth-order valence-electron chi connectivity index (χ4n) is 4.23. The van der Waals surface area contributed by atoms with E-state index in [1.807, 2.05) is 30.7 Å². The first-order valence-corrected chi connectivity index (χ1v) is 8.97. The first kappa shape index (κ1) is 15.0. The van der Waals surface area contributed by atoms with Crippen LogP contribution >= 0.6 is 0 Å². The molecule has 130 valence electrons. The molecule has 6 heteroatoms. The smallest absolute Gasteiger partial charge is 0.213 e. The van der Waals surface area contributed by atoms with Crippen LogP contribution in [0.15, 0.2) is 48.6 Å². The lowest BCUT2D eigenvalue weighted by Gasteiger charge is -2.49. The number of allylic oxidation sites excluding steroid dienone is 3. The molecule has 0 radical (unpaired) electrons. The average Bonchev–Trinajstić information content (AvgIpc) is 3.13. The van der Waals surface area contributed by atoms with Crippen LogP contribution in [0.4, 0.5) is 0 Å². The van der Waals surface area contributed by atoms with Gasteiger partial charge in [0.25, 0.3) is 0 Å². The zero-order valence-corrected chi connectivity index (χ0v) is 14.3. The lowest BCUT2D eigenvalue weighted by molar-refractivity contribution is -0.112. The quantitative estimate of drug-likeness (QED) is 0.914. The van der Waals surface area contributed by atoms with Crippen molar-refractivity contribution in [2.45, 2.75) is 31.9 Å². The molecule has 2 unspecified atom stereocenters. The maximum atomic E-state index is 6.27. The van der Waals surface area contributed by atoms with Crippen molar-refractivity contribution in [3.8, 4) is 5.88 Å².